The Labute approximate surface area is 109 Å². The summed E-state index contributed by atoms with van der Waals surface area (Å²) >= 11 is 0. The van der Waals surface area contributed by atoms with E-state index in [1.165, 1.54) is 0 Å². The van der Waals surface area contributed by atoms with Crippen molar-refractivity contribution in [3.05, 3.63) is 26.0 Å². The maximum Gasteiger partial charge on any atom is 0.268 e. The Balaban J connectivity index is 3.70. The lowest BCUT2D eigenvalue weighted by Gasteiger charge is -2.28. The van der Waals surface area contributed by atoms with E-state index < -0.39 is 39.2 Å². The molecule has 0 atom stereocenters. The number of ketones is 3. The number of carbonyl (C=O) groups excluding carboxylic acids is 3. The summed E-state index contributed by atoms with van der Waals surface area (Å²) in [7, 11) is 0. The Kier molecular flexibility index (Phi) is 3.83. The van der Waals surface area contributed by atoms with Crippen molar-refractivity contribution in [2.24, 2.45) is 0 Å². The molecule has 1 aromatic rings. The van der Waals surface area contributed by atoms with Crippen LogP contribution in [-0.2, 0) is 19.8 Å². The van der Waals surface area contributed by atoms with Gasteiger partial charge < -0.3 is 4.74 Å². The molecule has 0 saturated heterocycles. The summed E-state index contributed by atoms with van der Waals surface area (Å²) in [6.07, 6.45) is 0. The van der Waals surface area contributed by atoms with Gasteiger partial charge in [0.2, 0.25) is 5.43 Å². The molecule has 0 radical (unpaired) electrons. The van der Waals surface area contributed by atoms with E-state index in [2.05, 4.69) is 0 Å². The second kappa shape index (κ2) is 4.87. The summed E-state index contributed by atoms with van der Waals surface area (Å²) < 4.78 is 4.98. The molecule has 0 unspecified atom stereocenters. The van der Waals surface area contributed by atoms with E-state index in [4.69, 9.17) is 4.74 Å². The van der Waals surface area contributed by atoms with Gasteiger partial charge in [-0.2, -0.15) is 0 Å². The van der Waals surface area contributed by atoms with Crippen molar-refractivity contribution in [1.29, 1.82) is 0 Å². The second-order valence-electron chi connectivity index (χ2n) is 4.21. The normalized spacial score (nSPS) is 11.4. The van der Waals surface area contributed by atoms with Crippen LogP contribution in [0, 0.1) is 0 Å². The number of hydrogen-bond acceptors (Lipinski definition) is 6. The minimum absolute atomic E-state index is 0.0850. The standard InChI is InChI=1S/C13H14O6/c1-5-19-12-9(10(17)11(12)18)13(6(2)14,7(3)15)8(4)16/h5H2,1-4H3. The Morgan fingerprint density at radius 1 is 0.947 bits per heavy atom. The van der Waals surface area contributed by atoms with E-state index >= 15 is 0 Å². The number of Topliss-reactive ketones (excluding diaryl/α,β-unsaturated/α-hetero) is 3. The summed E-state index contributed by atoms with van der Waals surface area (Å²) in [6, 6.07) is 0. The highest BCUT2D eigenvalue weighted by Gasteiger charge is 2.53. The zero-order chi connectivity index (χ0) is 15.0. The minimum Gasteiger partial charge on any atom is -0.489 e. The van der Waals surface area contributed by atoms with Crippen LogP contribution in [-0.4, -0.2) is 24.0 Å². The lowest BCUT2D eigenvalue weighted by Crippen LogP contribution is -2.56. The third-order valence-electron chi connectivity index (χ3n) is 3.11. The average Bonchev–Trinajstić information content (AvgIpc) is 2.31. The van der Waals surface area contributed by atoms with Crippen molar-refractivity contribution in [2.45, 2.75) is 33.1 Å². The minimum atomic E-state index is -2.21. The highest BCUT2D eigenvalue weighted by atomic mass is 16.5. The van der Waals surface area contributed by atoms with Gasteiger partial charge >= 0.3 is 0 Å². The predicted octanol–water partition coefficient (Wildman–Crippen LogP) is -0.314. The van der Waals surface area contributed by atoms with Gasteiger partial charge in [0.1, 0.15) is 0 Å². The van der Waals surface area contributed by atoms with Crippen molar-refractivity contribution in [2.75, 3.05) is 6.61 Å². The third-order valence-corrected chi connectivity index (χ3v) is 3.11. The highest BCUT2D eigenvalue weighted by Crippen LogP contribution is 2.32. The molecule has 6 heteroatoms. The smallest absolute Gasteiger partial charge is 0.268 e. The second-order valence-corrected chi connectivity index (χ2v) is 4.21. The molecule has 0 heterocycles. The molecule has 102 valence electrons. The van der Waals surface area contributed by atoms with Crippen molar-refractivity contribution in [1.82, 2.24) is 0 Å². The van der Waals surface area contributed by atoms with Crippen molar-refractivity contribution in [3.8, 4) is 5.75 Å². The van der Waals surface area contributed by atoms with Crippen LogP contribution in [0.5, 0.6) is 5.75 Å². The quantitative estimate of drug-likeness (QED) is 0.517. The van der Waals surface area contributed by atoms with Gasteiger partial charge in [0.15, 0.2) is 28.5 Å². The van der Waals surface area contributed by atoms with Crippen LogP contribution in [0.25, 0.3) is 0 Å². The Bertz CT molecular complexity index is 594. The molecule has 1 rings (SSSR count). The lowest BCUT2D eigenvalue weighted by atomic mass is 9.69. The molecule has 0 N–H and O–H groups in total. The fraction of sp³-hybridized carbons (Fsp3) is 0.462. The summed E-state index contributed by atoms with van der Waals surface area (Å²) in [5, 5.41) is 0. The van der Waals surface area contributed by atoms with Crippen molar-refractivity contribution in [3.63, 3.8) is 0 Å². The Hall–Kier alpha value is -2.11. The van der Waals surface area contributed by atoms with Gasteiger partial charge in [-0.05, 0) is 27.7 Å². The van der Waals surface area contributed by atoms with Gasteiger partial charge in [-0.15, -0.1) is 0 Å². The van der Waals surface area contributed by atoms with Gasteiger partial charge in [-0.25, -0.2) is 0 Å². The van der Waals surface area contributed by atoms with Crippen molar-refractivity contribution < 1.29 is 19.1 Å². The number of ether oxygens (including phenoxy) is 1. The topological polar surface area (TPSA) is 94.6 Å². The fourth-order valence-corrected chi connectivity index (χ4v) is 2.27. The predicted molar refractivity (Wildman–Crippen MR) is 66.2 cm³/mol. The van der Waals surface area contributed by atoms with Crippen LogP contribution in [0.15, 0.2) is 9.59 Å². The monoisotopic (exact) mass is 266 g/mol. The van der Waals surface area contributed by atoms with E-state index in [1.807, 2.05) is 0 Å². The maximum atomic E-state index is 11.8. The summed E-state index contributed by atoms with van der Waals surface area (Å²) in [5.74, 6) is -2.73. The molecule has 6 nitrogen and oxygen atoms in total. The Morgan fingerprint density at radius 2 is 1.37 bits per heavy atom. The molecule has 0 fully saturated rings. The first-order valence-electron chi connectivity index (χ1n) is 5.72. The SMILES string of the molecule is CCOc1c(C(C(C)=O)(C(C)=O)C(C)=O)c(=O)c1=O. The first-order valence-corrected chi connectivity index (χ1v) is 5.72. The summed E-state index contributed by atoms with van der Waals surface area (Å²) in [5.41, 5.74) is -4.56. The number of carbonyl (C=O) groups is 3. The van der Waals surface area contributed by atoms with E-state index in [0.29, 0.717) is 0 Å². The van der Waals surface area contributed by atoms with Crippen LogP contribution in [0.2, 0.25) is 0 Å². The van der Waals surface area contributed by atoms with Gasteiger partial charge in [-0.3, -0.25) is 24.0 Å². The molecule has 0 aliphatic rings. The maximum absolute atomic E-state index is 11.8. The Morgan fingerprint density at radius 3 is 1.68 bits per heavy atom. The van der Waals surface area contributed by atoms with Crippen LogP contribution >= 0.6 is 0 Å². The van der Waals surface area contributed by atoms with Gasteiger partial charge in [0.25, 0.3) is 5.43 Å². The molecule has 0 saturated carbocycles. The summed E-state index contributed by atoms with van der Waals surface area (Å²) in [4.78, 5) is 58.4. The molecule has 19 heavy (non-hydrogen) atoms. The van der Waals surface area contributed by atoms with Gasteiger partial charge in [0, 0.05) is 0 Å². The average molecular weight is 266 g/mol. The van der Waals surface area contributed by atoms with E-state index in [-0.39, 0.29) is 12.4 Å². The lowest BCUT2D eigenvalue weighted by molar-refractivity contribution is -0.140. The largest absolute Gasteiger partial charge is 0.489 e. The van der Waals surface area contributed by atoms with E-state index in [0.717, 1.165) is 20.8 Å². The number of hydrogen-bond donors (Lipinski definition) is 0. The molecular weight excluding hydrogens is 252 g/mol. The molecule has 0 bridgehead atoms. The van der Waals surface area contributed by atoms with Crippen LogP contribution in [0.4, 0.5) is 0 Å². The van der Waals surface area contributed by atoms with Crippen LogP contribution in [0.3, 0.4) is 0 Å². The number of rotatable bonds is 6. The highest BCUT2D eigenvalue weighted by molar-refractivity contribution is 6.28. The first-order chi connectivity index (χ1) is 8.72. The molecule has 0 aliphatic heterocycles. The van der Waals surface area contributed by atoms with Gasteiger partial charge in [-0.1, -0.05) is 0 Å². The molecule has 0 amide bonds. The van der Waals surface area contributed by atoms with Crippen LogP contribution in [0.1, 0.15) is 33.3 Å². The fourth-order valence-electron chi connectivity index (χ4n) is 2.27. The first kappa shape index (κ1) is 14.9. The molecular formula is C13H14O6. The molecule has 0 spiro atoms. The van der Waals surface area contributed by atoms with E-state index in [9.17, 15) is 24.0 Å². The van der Waals surface area contributed by atoms with E-state index in [1.54, 1.807) is 6.92 Å². The van der Waals surface area contributed by atoms with Gasteiger partial charge in [0.05, 0.1) is 12.2 Å². The van der Waals surface area contributed by atoms with Crippen LogP contribution < -0.4 is 15.6 Å². The van der Waals surface area contributed by atoms with Crippen molar-refractivity contribution >= 4 is 17.3 Å². The summed E-state index contributed by atoms with van der Waals surface area (Å²) in [6.45, 7) is 4.78. The molecule has 1 aromatic carbocycles. The zero-order valence-corrected chi connectivity index (χ0v) is 11.2. The molecule has 0 aromatic heterocycles. The molecule has 0 aliphatic carbocycles. The third kappa shape index (κ3) is 1.83. The zero-order valence-electron chi connectivity index (χ0n) is 11.2.